The van der Waals surface area contributed by atoms with Crippen molar-refractivity contribution in [2.24, 2.45) is 0 Å². The maximum atomic E-state index is 13.0. The molecule has 0 bridgehead atoms. The molecule has 8 nitrogen and oxygen atoms in total. The maximum absolute atomic E-state index is 13.0. The van der Waals surface area contributed by atoms with Crippen molar-refractivity contribution in [3.8, 4) is 0 Å². The summed E-state index contributed by atoms with van der Waals surface area (Å²) < 4.78 is 0.950. The number of hydrogen-bond donors (Lipinski definition) is 4. The van der Waals surface area contributed by atoms with E-state index in [0.717, 1.165) is 15.8 Å². The average molecular weight is 428 g/mol. The summed E-state index contributed by atoms with van der Waals surface area (Å²) in [6.45, 7) is 7.35. The number of anilines is 1. The van der Waals surface area contributed by atoms with Crippen molar-refractivity contribution in [3.63, 3.8) is 0 Å². The number of nitrogens with one attached hydrogen (secondary N) is 4. The van der Waals surface area contributed by atoms with Crippen LogP contribution < -0.4 is 21.3 Å². The lowest BCUT2D eigenvalue weighted by molar-refractivity contribution is -0.117. The zero-order chi connectivity index (χ0) is 21.4. The minimum Gasteiger partial charge on any atom is -0.381 e. The Bertz CT molecular complexity index is 1030. The van der Waals surface area contributed by atoms with Crippen molar-refractivity contribution in [2.75, 3.05) is 32.0 Å². The first-order chi connectivity index (χ1) is 14.4. The van der Waals surface area contributed by atoms with Crippen molar-refractivity contribution in [3.05, 3.63) is 41.3 Å². The monoisotopic (exact) mass is 427 g/mol. The largest absolute Gasteiger partial charge is 0.381 e. The third-order valence-electron chi connectivity index (χ3n) is 5.45. The first-order valence-corrected chi connectivity index (χ1v) is 10.7. The van der Waals surface area contributed by atoms with Gasteiger partial charge in [-0.05, 0) is 38.2 Å². The van der Waals surface area contributed by atoms with Gasteiger partial charge in [-0.15, -0.1) is 11.3 Å². The van der Waals surface area contributed by atoms with Gasteiger partial charge in [0.05, 0.1) is 17.8 Å². The van der Waals surface area contributed by atoms with Gasteiger partial charge in [0, 0.05) is 41.3 Å². The van der Waals surface area contributed by atoms with Crippen LogP contribution in [0.15, 0.2) is 30.9 Å². The molecule has 2 aliphatic rings. The number of hydrogen-bond acceptors (Lipinski definition) is 6. The number of benzene rings is 1. The molecule has 9 heteroatoms. The van der Waals surface area contributed by atoms with Crippen LogP contribution in [0.2, 0.25) is 0 Å². The topological polar surface area (TPSA) is 103 Å². The lowest BCUT2D eigenvalue weighted by atomic mass is 10.1. The molecule has 3 unspecified atom stereocenters. The van der Waals surface area contributed by atoms with E-state index < -0.39 is 0 Å². The van der Waals surface area contributed by atoms with Crippen LogP contribution in [0.4, 0.5) is 5.69 Å². The molecule has 1 fully saturated rings. The number of nitrogens with zero attached hydrogens (tertiary/aromatic N) is 1. The number of amides is 3. The SMILES string of the molecule is C=CC(=O)NC1CN(C)CC1NC(=O)c1ccc2sc3c(c2c1)NCC(C)NC3=O. The van der Waals surface area contributed by atoms with Gasteiger partial charge in [0.2, 0.25) is 5.91 Å². The van der Waals surface area contributed by atoms with Crippen molar-refractivity contribution in [2.45, 2.75) is 25.0 Å². The highest BCUT2D eigenvalue weighted by atomic mass is 32.1. The Morgan fingerprint density at radius 3 is 2.73 bits per heavy atom. The van der Waals surface area contributed by atoms with Gasteiger partial charge in [0.1, 0.15) is 4.88 Å². The summed E-state index contributed by atoms with van der Waals surface area (Å²) in [6, 6.07) is 5.11. The summed E-state index contributed by atoms with van der Waals surface area (Å²) in [6.07, 6.45) is 1.23. The molecular weight excluding hydrogens is 402 g/mol. The molecule has 2 aromatic rings. The number of carbonyl (C=O) groups excluding carboxylic acids is 3. The molecule has 4 rings (SSSR count). The fourth-order valence-corrected chi connectivity index (χ4v) is 5.02. The van der Waals surface area contributed by atoms with E-state index in [2.05, 4.69) is 32.7 Å². The molecule has 2 aliphatic heterocycles. The van der Waals surface area contributed by atoms with Crippen LogP contribution in [0.1, 0.15) is 27.0 Å². The Morgan fingerprint density at radius 1 is 1.27 bits per heavy atom. The van der Waals surface area contributed by atoms with E-state index in [9.17, 15) is 14.4 Å². The fourth-order valence-electron chi connectivity index (χ4n) is 3.96. The Morgan fingerprint density at radius 2 is 2.00 bits per heavy atom. The maximum Gasteiger partial charge on any atom is 0.263 e. The van der Waals surface area contributed by atoms with Gasteiger partial charge in [-0.3, -0.25) is 14.4 Å². The average Bonchev–Trinajstić information content (AvgIpc) is 3.20. The molecule has 3 heterocycles. The second kappa shape index (κ2) is 8.08. The molecule has 0 radical (unpaired) electrons. The minimum absolute atomic E-state index is 0.0284. The molecule has 0 aliphatic carbocycles. The van der Waals surface area contributed by atoms with Crippen LogP contribution >= 0.6 is 11.3 Å². The molecule has 1 aromatic carbocycles. The normalized spacial score (nSPS) is 23.8. The highest BCUT2D eigenvalue weighted by Gasteiger charge is 2.33. The van der Waals surface area contributed by atoms with Crippen molar-refractivity contribution >= 4 is 44.8 Å². The summed E-state index contributed by atoms with van der Waals surface area (Å²) in [4.78, 5) is 39.8. The van der Waals surface area contributed by atoms with E-state index in [1.54, 1.807) is 6.07 Å². The zero-order valence-electron chi connectivity index (χ0n) is 17.0. The molecule has 0 spiro atoms. The first kappa shape index (κ1) is 20.4. The van der Waals surface area contributed by atoms with Crippen LogP contribution in [0.25, 0.3) is 10.1 Å². The lowest BCUT2D eigenvalue weighted by Gasteiger charge is -2.20. The van der Waals surface area contributed by atoms with E-state index in [1.165, 1.54) is 17.4 Å². The van der Waals surface area contributed by atoms with E-state index in [4.69, 9.17) is 0 Å². The standard InChI is InChI=1S/C21H25N5O3S/c1-4-17(27)24-14-9-26(3)10-15(14)25-20(28)12-5-6-16-13(7-12)18-19(30-16)21(29)23-11(2)8-22-18/h4-7,11,14-15,22H,1,8-10H2,2-3H3,(H,23,29)(H,24,27)(H,25,28). The van der Waals surface area contributed by atoms with Gasteiger partial charge in [0.15, 0.2) is 0 Å². The summed E-state index contributed by atoms with van der Waals surface area (Å²) in [7, 11) is 1.95. The molecule has 0 saturated carbocycles. The Hall–Kier alpha value is -2.91. The summed E-state index contributed by atoms with van der Waals surface area (Å²) in [5.74, 6) is -0.554. The predicted octanol–water partition coefficient (Wildman–Crippen LogP) is 1.16. The molecule has 1 aromatic heterocycles. The van der Waals surface area contributed by atoms with E-state index in [-0.39, 0.29) is 35.8 Å². The highest BCUT2D eigenvalue weighted by molar-refractivity contribution is 7.21. The number of fused-ring (bicyclic) bond motifs is 3. The Kier molecular flexibility index (Phi) is 5.48. The first-order valence-electron chi connectivity index (χ1n) is 9.89. The molecule has 3 amide bonds. The quantitative estimate of drug-likeness (QED) is 0.549. The molecule has 158 valence electrons. The molecular formula is C21H25N5O3S. The smallest absolute Gasteiger partial charge is 0.263 e. The van der Waals surface area contributed by atoms with Gasteiger partial charge in [-0.25, -0.2) is 0 Å². The third kappa shape index (κ3) is 3.90. The van der Waals surface area contributed by atoms with E-state index >= 15 is 0 Å². The van der Waals surface area contributed by atoms with Crippen LogP contribution in [0, 0.1) is 0 Å². The minimum atomic E-state index is -0.254. The van der Waals surface area contributed by atoms with Gasteiger partial charge >= 0.3 is 0 Å². The molecule has 30 heavy (non-hydrogen) atoms. The zero-order valence-corrected chi connectivity index (χ0v) is 17.8. The van der Waals surface area contributed by atoms with Gasteiger partial charge in [-0.2, -0.15) is 0 Å². The number of likely N-dealkylation sites (tertiary alicyclic amines) is 1. The predicted molar refractivity (Wildman–Crippen MR) is 118 cm³/mol. The second-order valence-electron chi connectivity index (χ2n) is 7.89. The lowest BCUT2D eigenvalue weighted by Crippen LogP contribution is -2.50. The molecule has 3 atom stereocenters. The van der Waals surface area contributed by atoms with Crippen LogP contribution in [-0.2, 0) is 4.79 Å². The van der Waals surface area contributed by atoms with Gasteiger partial charge in [-0.1, -0.05) is 6.58 Å². The van der Waals surface area contributed by atoms with E-state index in [1.807, 2.05) is 26.1 Å². The van der Waals surface area contributed by atoms with Crippen molar-refractivity contribution < 1.29 is 14.4 Å². The summed E-state index contributed by atoms with van der Waals surface area (Å²) >= 11 is 1.42. The van der Waals surface area contributed by atoms with Crippen LogP contribution in [-0.4, -0.2) is 67.4 Å². The molecule has 4 N–H and O–H groups in total. The third-order valence-corrected chi connectivity index (χ3v) is 6.62. The number of rotatable bonds is 4. The van der Waals surface area contributed by atoms with Gasteiger partial charge in [0.25, 0.3) is 11.8 Å². The van der Waals surface area contributed by atoms with Crippen molar-refractivity contribution in [1.29, 1.82) is 0 Å². The Labute approximate surface area is 178 Å². The van der Waals surface area contributed by atoms with Crippen LogP contribution in [0.3, 0.4) is 0 Å². The fraction of sp³-hybridized carbons (Fsp3) is 0.381. The van der Waals surface area contributed by atoms with Crippen LogP contribution in [0.5, 0.6) is 0 Å². The van der Waals surface area contributed by atoms with Crippen molar-refractivity contribution in [1.82, 2.24) is 20.9 Å². The summed E-state index contributed by atoms with van der Waals surface area (Å²) in [5, 5.41) is 13.1. The highest BCUT2D eigenvalue weighted by Crippen LogP contribution is 2.37. The van der Waals surface area contributed by atoms with E-state index in [0.29, 0.717) is 30.1 Å². The number of likely N-dealkylation sites (N-methyl/N-ethyl adjacent to an activating group) is 1. The Balaban J connectivity index is 1.57. The summed E-state index contributed by atoms with van der Waals surface area (Å²) in [5.41, 5.74) is 1.30. The molecule has 1 saturated heterocycles. The second-order valence-corrected chi connectivity index (χ2v) is 8.95. The number of thiophene rings is 1. The van der Waals surface area contributed by atoms with Gasteiger partial charge < -0.3 is 26.2 Å². The number of carbonyl (C=O) groups is 3.